The van der Waals surface area contributed by atoms with Crippen molar-refractivity contribution in [1.29, 1.82) is 0 Å². The Bertz CT molecular complexity index is 749. The van der Waals surface area contributed by atoms with Crippen LogP contribution in [0.25, 0.3) is 0 Å². The van der Waals surface area contributed by atoms with Crippen molar-refractivity contribution in [3.8, 4) is 5.75 Å². The molecule has 0 saturated heterocycles. The fourth-order valence-corrected chi connectivity index (χ4v) is 2.07. The lowest BCUT2D eigenvalue weighted by Gasteiger charge is -2.21. The van der Waals surface area contributed by atoms with Crippen molar-refractivity contribution in [1.82, 2.24) is 9.97 Å². The van der Waals surface area contributed by atoms with Gasteiger partial charge in [-0.15, -0.1) is 0 Å². The topological polar surface area (TPSA) is 58.5 Å². The maximum atomic E-state index is 12.7. The molecule has 0 radical (unpaired) electrons. The van der Waals surface area contributed by atoms with Crippen LogP contribution in [0.2, 0.25) is 0 Å². The van der Waals surface area contributed by atoms with Crippen LogP contribution in [-0.2, 0) is 12.4 Å². The van der Waals surface area contributed by atoms with E-state index in [0.29, 0.717) is 0 Å². The predicted molar refractivity (Wildman–Crippen MR) is 83.2 cm³/mol. The third kappa shape index (κ3) is 5.98. The molecule has 0 aliphatic carbocycles. The summed E-state index contributed by atoms with van der Waals surface area (Å²) in [5, 5.41) is 9.93. The van der Waals surface area contributed by atoms with E-state index in [1.807, 2.05) is 0 Å². The van der Waals surface area contributed by atoms with Crippen molar-refractivity contribution in [3.63, 3.8) is 0 Å². The number of aromatic nitrogens is 2. The summed E-state index contributed by atoms with van der Waals surface area (Å²) < 4.78 is 80.6. The van der Waals surface area contributed by atoms with Crippen molar-refractivity contribution < 1.29 is 36.2 Å². The first-order chi connectivity index (χ1) is 12.5. The average Bonchev–Trinajstić information content (AvgIpc) is 2.59. The van der Waals surface area contributed by atoms with Crippen LogP contribution in [0.1, 0.15) is 11.3 Å². The second-order valence-electron chi connectivity index (χ2n) is 5.61. The van der Waals surface area contributed by atoms with Gasteiger partial charge < -0.3 is 14.7 Å². The Kier molecular flexibility index (Phi) is 6.14. The average molecular weight is 395 g/mol. The molecule has 1 aromatic carbocycles. The number of aliphatic hydroxyl groups excluding tert-OH is 1. The van der Waals surface area contributed by atoms with Crippen LogP contribution in [0.3, 0.4) is 0 Å². The minimum Gasteiger partial charge on any atom is -0.491 e. The largest absolute Gasteiger partial charge is 0.491 e. The van der Waals surface area contributed by atoms with Gasteiger partial charge in [0.2, 0.25) is 5.95 Å². The van der Waals surface area contributed by atoms with Gasteiger partial charge in [-0.2, -0.15) is 26.3 Å². The zero-order valence-electron chi connectivity index (χ0n) is 13.9. The molecule has 1 aromatic heterocycles. The van der Waals surface area contributed by atoms with Gasteiger partial charge in [-0.1, -0.05) is 0 Å². The highest BCUT2D eigenvalue weighted by molar-refractivity contribution is 5.30. The Labute approximate surface area is 150 Å². The molecule has 2 aromatic rings. The summed E-state index contributed by atoms with van der Waals surface area (Å²) in [5.41, 5.74) is -1.95. The van der Waals surface area contributed by atoms with Gasteiger partial charge in [-0.25, -0.2) is 9.97 Å². The number of aliphatic hydroxyl groups is 1. The van der Waals surface area contributed by atoms with Gasteiger partial charge in [0.15, 0.2) is 0 Å². The quantitative estimate of drug-likeness (QED) is 0.760. The molecule has 11 heteroatoms. The summed E-state index contributed by atoms with van der Waals surface area (Å²) in [5.74, 6) is -0.126. The number of likely N-dealkylation sites (N-methyl/N-ethyl adjacent to an activating group) is 1. The second kappa shape index (κ2) is 7.99. The number of benzene rings is 1. The molecule has 1 N–H and O–H groups in total. The molecular formula is C16H15F6N3O2. The van der Waals surface area contributed by atoms with E-state index >= 15 is 0 Å². The minimum atomic E-state index is -4.62. The Balaban J connectivity index is 1.91. The zero-order valence-corrected chi connectivity index (χ0v) is 13.9. The summed E-state index contributed by atoms with van der Waals surface area (Å²) in [7, 11) is 1.39. The molecule has 0 amide bonds. The number of rotatable bonds is 6. The molecular weight excluding hydrogens is 380 g/mol. The third-order valence-electron chi connectivity index (χ3n) is 3.38. The molecule has 0 fully saturated rings. The van der Waals surface area contributed by atoms with Crippen molar-refractivity contribution in [3.05, 3.63) is 47.8 Å². The van der Waals surface area contributed by atoms with Crippen LogP contribution in [-0.4, -0.2) is 41.4 Å². The summed E-state index contributed by atoms with van der Waals surface area (Å²) in [4.78, 5) is 8.30. The first-order valence-electron chi connectivity index (χ1n) is 7.56. The SMILES string of the molecule is CN(C[C@H](O)COc1ccc(C(F)(F)F)cc1)c1nccc(C(F)(F)F)n1. The molecule has 0 bridgehead atoms. The Morgan fingerprint density at radius 2 is 1.67 bits per heavy atom. The Morgan fingerprint density at radius 1 is 1.04 bits per heavy atom. The van der Waals surface area contributed by atoms with Crippen LogP contribution in [0.4, 0.5) is 32.3 Å². The first kappa shape index (κ1) is 20.7. The standard InChI is InChI=1S/C16H15F6N3O2/c1-25(14-23-7-6-13(24-14)16(20,21)22)8-11(26)9-27-12-4-2-10(3-5-12)15(17,18)19/h2-7,11,26H,8-9H2,1H3/t11-/m0/s1. The fourth-order valence-electron chi connectivity index (χ4n) is 2.07. The molecule has 5 nitrogen and oxygen atoms in total. The number of hydrogen-bond donors (Lipinski definition) is 1. The van der Waals surface area contributed by atoms with Gasteiger partial charge in [-0.05, 0) is 30.3 Å². The summed E-state index contributed by atoms with van der Waals surface area (Å²) in [6, 6.07) is 4.61. The summed E-state index contributed by atoms with van der Waals surface area (Å²) in [6.07, 6.45) is -9.28. The third-order valence-corrected chi connectivity index (χ3v) is 3.38. The van der Waals surface area contributed by atoms with Crippen molar-refractivity contribution in [2.24, 2.45) is 0 Å². The number of halogens is 6. The van der Waals surface area contributed by atoms with E-state index in [2.05, 4.69) is 9.97 Å². The van der Waals surface area contributed by atoms with Crippen molar-refractivity contribution in [2.45, 2.75) is 18.5 Å². The number of hydrogen-bond acceptors (Lipinski definition) is 5. The van der Waals surface area contributed by atoms with Crippen LogP contribution in [0.5, 0.6) is 5.75 Å². The fraction of sp³-hybridized carbons (Fsp3) is 0.375. The van der Waals surface area contributed by atoms with Crippen LogP contribution >= 0.6 is 0 Å². The van der Waals surface area contributed by atoms with Crippen LogP contribution in [0, 0.1) is 0 Å². The zero-order chi connectivity index (χ0) is 20.2. The predicted octanol–water partition coefficient (Wildman–Crippen LogP) is 3.39. The van der Waals surface area contributed by atoms with E-state index in [9.17, 15) is 31.4 Å². The van der Waals surface area contributed by atoms with Gasteiger partial charge in [0.05, 0.1) is 5.56 Å². The number of ether oxygens (including phenoxy) is 1. The van der Waals surface area contributed by atoms with Gasteiger partial charge in [0.1, 0.15) is 24.2 Å². The highest BCUT2D eigenvalue weighted by atomic mass is 19.4. The highest BCUT2D eigenvalue weighted by Crippen LogP contribution is 2.30. The molecule has 0 spiro atoms. The van der Waals surface area contributed by atoms with E-state index in [1.54, 1.807) is 0 Å². The lowest BCUT2D eigenvalue weighted by Crippen LogP contribution is -2.34. The van der Waals surface area contributed by atoms with Crippen LogP contribution in [0.15, 0.2) is 36.5 Å². The number of alkyl halides is 6. The van der Waals surface area contributed by atoms with Crippen LogP contribution < -0.4 is 9.64 Å². The van der Waals surface area contributed by atoms with E-state index in [0.717, 1.165) is 36.5 Å². The van der Waals surface area contributed by atoms with E-state index in [1.165, 1.54) is 11.9 Å². The molecule has 1 heterocycles. The molecule has 0 aliphatic heterocycles. The lowest BCUT2D eigenvalue weighted by molar-refractivity contribution is -0.141. The molecule has 0 saturated carbocycles. The smallest absolute Gasteiger partial charge is 0.433 e. The van der Waals surface area contributed by atoms with E-state index in [-0.39, 0.29) is 24.8 Å². The van der Waals surface area contributed by atoms with Gasteiger partial charge in [-0.3, -0.25) is 0 Å². The lowest BCUT2D eigenvalue weighted by atomic mass is 10.2. The summed E-state index contributed by atoms with van der Waals surface area (Å²) >= 11 is 0. The number of nitrogens with zero attached hydrogens (tertiary/aromatic N) is 3. The van der Waals surface area contributed by atoms with Crippen molar-refractivity contribution >= 4 is 5.95 Å². The molecule has 148 valence electrons. The molecule has 0 aliphatic rings. The van der Waals surface area contributed by atoms with Gasteiger partial charge >= 0.3 is 12.4 Å². The van der Waals surface area contributed by atoms with Crippen molar-refractivity contribution in [2.75, 3.05) is 25.1 Å². The molecule has 0 unspecified atom stereocenters. The molecule has 27 heavy (non-hydrogen) atoms. The van der Waals surface area contributed by atoms with E-state index < -0.39 is 29.7 Å². The number of anilines is 1. The Morgan fingerprint density at radius 3 is 2.22 bits per heavy atom. The van der Waals surface area contributed by atoms with Gasteiger partial charge in [0.25, 0.3) is 0 Å². The summed E-state index contributed by atoms with van der Waals surface area (Å²) in [6.45, 7) is -0.434. The van der Waals surface area contributed by atoms with Gasteiger partial charge in [0, 0.05) is 19.8 Å². The highest BCUT2D eigenvalue weighted by Gasteiger charge is 2.33. The maximum absolute atomic E-state index is 12.7. The molecule has 2 rings (SSSR count). The second-order valence-corrected chi connectivity index (χ2v) is 5.61. The minimum absolute atomic E-state index is 0.111. The van der Waals surface area contributed by atoms with E-state index in [4.69, 9.17) is 4.74 Å². The normalized spacial score (nSPS) is 13.3. The Hall–Kier alpha value is -2.56. The monoisotopic (exact) mass is 395 g/mol. The first-order valence-corrected chi connectivity index (χ1v) is 7.56. The maximum Gasteiger partial charge on any atom is 0.433 e. The molecule has 1 atom stereocenters.